The summed E-state index contributed by atoms with van der Waals surface area (Å²) in [5.41, 5.74) is 0. The zero-order valence-corrected chi connectivity index (χ0v) is 8.06. The van der Waals surface area contributed by atoms with Gasteiger partial charge in [-0.05, 0) is 6.92 Å². The van der Waals surface area contributed by atoms with Crippen molar-refractivity contribution >= 4 is 5.91 Å². The van der Waals surface area contributed by atoms with Gasteiger partial charge in [0.1, 0.15) is 19.2 Å². The molecule has 96 valence electrons. The zero-order chi connectivity index (χ0) is 13.1. The number of carbonyl (C=O) groups is 1. The molecule has 1 N–H and O–H groups in total. The number of halogens is 6. The van der Waals surface area contributed by atoms with Gasteiger partial charge in [0, 0.05) is 0 Å². The largest absolute Gasteiger partial charge is 0.406 e. The molecule has 0 spiro atoms. The molecule has 0 bridgehead atoms. The molecule has 0 aliphatic carbocycles. The first-order chi connectivity index (χ1) is 6.92. The SMILES string of the molecule is C[C@H](O)C(=O)N(CC(F)(F)F)CC(F)(F)F. The maximum Gasteiger partial charge on any atom is 0.406 e. The Morgan fingerprint density at radius 2 is 1.44 bits per heavy atom. The van der Waals surface area contributed by atoms with Gasteiger partial charge in [-0.2, -0.15) is 26.3 Å². The van der Waals surface area contributed by atoms with Crippen LogP contribution in [0.15, 0.2) is 0 Å². The molecular formula is C7H9F6NO2. The van der Waals surface area contributed by atoms with Crippen LogP contribution in [-0.4, -0.2) is 47.5 Å². The van der Waals surface area contributed by atoms with E-state index in [1.807, 2.05) is 0 Å². The van der Waals surface area contributed by atoms with E-state index in [0.29, 0.717) is 0 Å². The third-order valence-corrected chi connectivity index (χ3v) is 1.41. The molecule has 0 radical (unpaired) electrons. The number of aliphatic hydroxyl groups is 1. The van der Waals surface area contributed by atoms with Gasteiger partial charge in [-0.1, -0.05) is 0 Å². The summed E-state index contributed by atoms with van der Waals surface area (Å²) in [7, 11) is 0. The van der Waals surface area contributed by atoms with Crippen LogP contribution in [0, 0.1) is 0 Å². The van der Waals surface area contributed by atoms with E-state index in [1.165, 1.54) is 0 Å². The second-order valence-electron chi connectivity index (χ2n) is 3.10. The van der Waals surface area contributed by atoms with E-state index in [2.05, 4.69) is 0 Å². The highest BCUT2D eigenvalue weighted by Gasteiger charge is 2.40. The Labute approximate surface area is 86.6 Å². The van der Waals surface area contributed by atoms with Gasteiger partial charge in [-0.15, -0.1) is 0 Å². The Morgan fingerprint density at radius 1 is 1.12 bits per heavy atom. The Bertz CT molecular complexity index is 230. The number of aliphatic hydroxyl groups excluding tert-OH is 1. The van der Waals surface area contributed by atoms with Crippen molar-refractivity contribution in [3.63, 3.8) is 0 Å². The van der Waals surface area contributed by atoms with Crippen molar-refractivity contribution in [3.8, 4) is 0 Å². The summed E-state index contributed by atoms with van der Waals surface area (Å²) in [6.45, 7) is -3.30. The molecule has 0 saturated heterocycles. The standard InChI is InChI=1S/C7H9F6NO2/c1-4(15)5(16)14(2-6(8,9)10)3-7(11,12)13/h4,15H,2-3H2,1H3/t4-/m0/s1. The maximum absolute atomic E-state index is 11.9. The summed E-state index contributed by atoms with van der Waals surface area (Å²) >= 11 is 0. The molecule has 0 aromatic heterocycles. The Balaban J connectivity index is 4.71. The van der Waals surface area contributed by atoms with Crippen molar-refractivity contribution in [2.75, 3.05) is 13.1 Å². The Morgan fingerprint density at radius 3 is 1.62 bits per heavy atom. The molecule has 0 fully saturated rings. The van der Waals surface area contributed by atoms with Crippen LogP contribution in [0.3, 0.4) is 0 Å². The van der Waals surface area contributed by atoms with Gasteiger partial charge in [0.05, 0.1) is 0 Å². The number of amides is 1. The molecule has 16 heavy (non-hydrogen) atoms. The maximum atomic E-state index is 11.9. The third-order valence-electron chi connectivity index (χ3n) is 1.41. The summed E-state index contributed by atoms with van der Waals surface area (Å²) in [5.74, 6) is -1.62. The lowest BCUT2D eigenvalue weighted by atomic mass is 10.3. The molecule has 0 saturated carbocycles. The van der Waals surface area contributed by atoms with Gasteiger partial charge in [0.25, 0.3) is 5.91 Å². The molecular weight excluding hydrogens is 244 g/mol. The molecule has 0 aliphatic rings. The van der Waals surface area contributed by atoms with E-state index in [9.17, 15) is 31.1 Å². The number of rotatable bonds is 3. The third kappa shape index (κ3) is 6.49. The van der Waals surface area contributed by atoms with Crippen LogP contribution in [-0.2, 0) is 4.79 Å². The highest BCUT2D eigenvalue weighted by Crippen LogP contribution is 2.22. The quantitative estimate of drug-likeness (QED) is 0.770. The van der Waals surface area contributed by atoms with Crippen molar-refractivity contribution < 1.29 is 36.2 Å². The second kappa shape index (κ2) is 4.89. The molecule has 0 heterocycles. The monoisotopic (exact) mass is 253 g/mol. The highest BCUT2D eigenvalue weighted by molar-refractivity contribution is 5.80. The first kappa shape index (κ1) is 15.0. The zero-order valence-electron chi connectivity index (χ0n) is 8.06. The van der Waals surface area contributed by atoms with Gasteiger partial charge >= 0.3 is 12.4 Å². The molecule has 0 aromatic carbocycles. The number of nitrogens with zero attached hydrogens (tertiary/aromatic N) is 1. The summed E-state index contributed by atoms with van der Waals surface area (Å²) in [5, 5.41) is 8.66. The first-order valence-electron chi connectivity index (χ1n) is 4.03. The van der Waals surface area contributed by atoms with E-state index in [1.54, 1.807) is 0 Å². The molecule has 3 nitrogen and oxygen atoms in total. The summed E-state index contributed by atoms with van der Waals surface area (Å²) in [4.78, 5) is 10.4. The molecule has 1 atom stereocenters. The van der Waals surface area contributed by atoms with Crippen LogP contribution in [0.4, 0.5) is 26.3 Å². The lowest BCUT2D eigenvalue weighted by Gasteiger charge is -2.25. The Hall–Kier alpha value is -0.990. The Kier molecular flexibility index (Phi) is 4.59. The van der Waals surface area contributed by atoms with Crippen LogP contribution in [0.5, 0.6) is 0 Å². The fraction of sp³-hybridized carbons (Fsp3) is 0.857. The fourth-order valence-corrected chi connectivity index (χ4v) is 0.909. The molecule has 1 amide bonds. The summed E-state index contributed by atoms with van der Waals surface area (Å²) < 4.78 is 71.2. The van der Waals surface area contributed by atoms with E-state index in [4.69, 9.17) is 5.11 Å². The number of alkyl halides is 6. The van der Waals surface area contributed by atoms with Crippen LogP contribution in [0.25, 0.3) is 0 Å². The highest BCUT2D eigenvalue weighted by atomic mass is 19.4. The number of hydrogen-bond donors (Lipinski definition) is 1. The first-order valence-corrected chi connectivity index (χ1v) is 4.03. The number of carbonyl (C=O) groups excluding carboxylic acids is 1. The van der Waals surface area contributed by atoms with Crippen molar-refractivity contribution in [3.05, 3.63) is 0 Å². The van der Waals surface area contributed by atoms with Crippen molar-refractivity contribution in [1.82, 2.24) is 4.90 Å². The average molecular weight is 253 g/mol. The van der Waals surface area contributed by atoms with Crippen LogP contribution >= 0.6 is 0 Å². The van der Waals surface area contributed by atoms with Gasteiger partial charge in [-0.25, -0.2) is 0 Å². The second-order valence-corrected chi connectivity index (χ2v) is 3.10. The van der Waals surface area contributed by atoms with Crippen molar-refractivity contribution in [2.45, 2.75) is 25.4 Å². The van der Waals surface area contributed by atoms with Crippen LogP contribution in [0.2, 0.25) is 0 Å². The van der Waals surface area contributed by atoms with Gasteiger partial charge in [0.15, 0.2) is 0 Å². The van der Waals surface area contributed by atoms with E-state index >= 15 is 0 Å². The topological polar surface area (TPSA) is 40.5 Å². The van der Waals surface area contributed by atoms with E-state index < -0.39 is 42.4 Å². The summed E-state index contributed by atoms with van der Waals surface area (Å²) in [6.07, 6.45) is -11.8. The van der Waals surface area contributed by atoms with Crippen molar-refractivity contribution in [1.29, 1.82) is 0 Å². The molecule has 0 rings (SSSR count). The average Bonchev–Trinajstić information content (AvgIpc) is 1.95. The normalized spacial score (nSPS) is 14.8. The number of hydrogen-bond acceptors (Lipinski definition) is 2. The molecule has 0 aliphatic heterocycles. The van der Waals surface area contributed by atoms with Crippen LogP contribution in [0.1, 0.15) is 6.92 Å². The van der Waals surface area contributed by atoms with Gasteiger partial charge < -0.3 is 10.0 Å². The minimum Gasteiger partial charge on any atom is -0.384 e. The predicted octanol–water partition coefficient (Wildman–Crippen LogP) is 1.32. The van der Waals surface area contributed by atoms with Crippen LogP contribution < -0.4 is 0 Å². The minimum atomic E-state index is -4.95. The lowest BCUT2D eigenvalue weighted by Crippen LogP contribution is -2.47. The fourth-order valence-electron chi connectivity index (χ4n) is 0.909. The summed E-state index contributed by atoms with van der Waals surface area (Å²) in [6, 6.07) is 0. The lowest BCUT2D eigenvalue weighted by molar-refractivity contribution is -0.191. The van der Waals surface area contributed by atoms with Crippen molar-refractivity contribution in [2.24, 2.45) is 0 Å². The smallest absolute Gasteiger partial charge is 0.384 e. The van der Waals surface area contributed by atoms with E-state index in [0.717, 1.165) is 6.92 Å². The molecule has 0 unspecified atom stereocenters. The molecule has 0 aromatic rings. The predicted molar refractivity (Wildman–Crippen MR) is 40.4 cm³/mol. The van der Waals surface area contributed by atoms with E-state index in [-0.39, 0.29) is 0 Å². The molecule has 9 heteroatoms. The van der Waals surface area contributed by atoms with Gasteiger partial charge in [0.2, 0.25) is 0 Å². The minimum absolute atomic E-state index is 0.481. The van der Waals surface area contributed by atoms with Gasteiger partial charge in [-0.3, -0.25) is 4.79 Å².